The second-order valence-corrected chi connectivity index (χ2v) is 5.88. The molecule has 7 heteroatoms. The molecule has 0 bridgehead atoms. The molecule has 1 aliphatic heterocycles. The number of nitrogens with one attached hydrogen (secondary N) is 1. The number of hydrogen-bond donors (Lipinski definition) is 2. The number of carbonyl (C=O) groups excluding carboxylic acids is 2. The number of rotatable bonds is 2. The van der Waals surface area contributed by atoms with Crippen LogP contribution in [-0.4, -0.2) is 18.5 Å². The summed E-state index contributed by atoms with van der Waals surface area (Å²) in [4.78, 5) is 24.6. The molecule has 24 heavy (non-hydrogen) atoms. The lowest BCUT2D eigenvalue weighted by Crippen LogP contribution is -2.14. The minimum absolute atomic E-state index is 0.0270. The molecule has 0 saturated heterocycles. The van der Waals surface area contributed by atoms with Gasteiger partial charge >= 0.3 is 0 Å². The summed E-state index contributed by atoms with van der Waals surface area (Å²) >= 11 is 0. The summed E-state index contributed by atoms with van der Waals surface area (Å²) < 4.78 is 16.2. The maximum absolute atomic E-state index is 12.6. The highest BCUT2D eigenvalue weighted by Gasteiger charge is 2.29. The third-order valence-corrected chi connectivity index (χ3v) is 4.31. The Morgan fingerprint density at radius 1 is 1.21 bits per heavy atom. The molecule has 0 fully saturated rings. The largest absolute Gasteiger partial charge is 0.455 e. The number of hydrogen-bond acceptors (Lipinski definition) is 6. The van der Waals surface area contributed by atoms with Gasteiger partial charge in [-0.2, -0.15) is 0 Å². The first kappa shape index (κ1) is 14.6. The molecule has 1 aromatic carbocycles. The van der Waals surface area contributed by atoms with Crippen molar-refractivity contribution in [2.45, 2.75) is 26.2 Å². The van der Waals surface area contributed by atoms with Gasteiger partial charge in [-0.1, -0.05) is 0 Å². The Labute approximate surface area is 137 Å². The first-order chi connectivity index (χ1) is 11.5. The van der Waals surface area contributed by atoms with Gasteiger partial charge in [-0.3, -0.25) is 9.59 Å². The lowest BCUT2D eigenvalue weighted by atomic mass is 9.94. The molecule has 0 saturated carbocycles. The van der Waals surface area contributed by atoms with Gasteiger partial charge in [-0.05, 0) is 13.3 Å². The molecule has 124 valence electrons. The van der Waals surface area contributed by atoms with Gasteiger partial charge in [0.05, 0.1) is 16.9 Å². The van der Waals surface area contributed by atoms with E-state index in [4.69, 9.17) is 19.6 Å². The molecule has 7 nitrogen and oxygen atoms in total. The average Bonchev–Trinajstić information content (AvgIpc) is 3.12. The maximum Gasteiger partial charge on any atom is 0.291 e. The van der Waals surface area contributed by atoms with Crippen LogP contribution in [0.3, 0.4) is 0 Å². The smallest absolute Gasteiger partial charge is 0.291 e. The molecule has 3 N–H and O–H groups in total. The maximum atomic E-state index is 12.6. The summed E-state index contributed by atoms with van der Waals surface area (Å²) in [5.74, 6) is 1.38. The van der Waals surface area contributed by atoms with E-state index < -0.39 is 5.91 Å². The highest BCUT2D eigenvalue weighted by Crippen LogP contribution is 2.38. The number of fused-ring (bicyclic) bond motifs is 2. The van der Waals surface area contributed by atoms with E-state index in [2.05, 4.69) is 5.32 Å². The van der Waals surface area contributed by atoms with Crippen molar-refractivity contribution in [1.82, 2.24) is 0 Å². The number of Topliss-reactive ketones (excluding diaryl/α,β-unsaturated/α-hetero) is 1. The number of amides is 1. The number of nitrogen functional groups attached to an aromatic ring is 1. The van der Waals surface area contributed by atoms with Crippen LogP contribution in [0.25, 0.3) is 0 Å². The van der Waals surface area contributed by atoms with Crippen LogP contribution in [-0.2, 0) is 6.42 Å². The topological polar surface area (TPSA) is 104 Å². The quantitative estimate of drug-likeness (QED) is 0.821. The van der Waals surface area contributed by atoms with Crippen LogP contribution in [0.2, 0.25) is 0 Å². The Balaban J connectivity index is 1.65. The number of furan rings is 1. The molecule has 0 atom stereocenters. The van der Waals surface area contributed by atoms with Crippen molar-refractivity contribution in [2.24, 2.45) is 0 Å². The van der Waals surface area contributed by atoms with E-state index in [-0.39, 0.29) is 18.3 Å². The van der Waals surface area contributed by atoms with E-state index >= 15 is 0 Å². The fraction of sp³-hybridized carbons (Fsp3) is 0.294. The van der Waals surface area contributed by atoms with Crippen molar-refractivity contribution in [3.8, 4) is 11.5 Å². The summed E-state index contributed by atoms with van der Waals surface area (Å²) in [6.45, 7) is 1.85. The lowest BCUT2D eigenvalue weighted by Gasteiger charge is -2.08. The molecule has 2 aromatic rings. The van der Waals surface area contributed by atoms with Crippen molar-refractivity contribution < 1.29 is 23.5 Å². The van der Waals surface area contributed by atoms with Crippen LogP contribution in [0.4, 0.5) is 11.4 Å². The first-order valence-electron chi connectivity index (χ1n) is 7.70. The van der Waals surface area contributed by atoms with Crippen molar-refractivity contribution in [3.63, 3.8) is 0 Å². The van der Waals surface area contributed by atoms with E-state index in [1.165, 1.54) is 0 Å². The standard InChI is InChI=1S/C17H16N2O5/c1-8-15-11(20)3-2-4-12(15)24-16(8)17(21)19-10-6-14-13(5-9(10)18)22-7-23-14/h5-6H,2-4,7,18H2,1H3,(H,19,21). The number of ether oxygens (including phenoxy) is 2. The van der Waals surface area contributed by atoms with Gasteiger partial charge in [0.25, 0.3) is 5.91 Å². The molecule has 0 spiro atoms. The van der Waals surface area contributed by atoms with Crippen LogP contribution in [0.15, 0.2) is 16.5 Å². The van der Waals surface area contributed by atoms with Gasteiger partial charge in [0, 0.05) is 30.5 Å². The summed E-state index contributed by atoms with van der Waals surface area (Å²) in [7, 11) is 0. The summed E-state index contributed by atoms with van der Waals surface area (Å²) in [5.41, 5.74) is 7.83. The Bertz CT molecular complexity index is 868. The van der Waals surface area contributed by atoms with Crippen molar-refractivity contribution in [3.05, 3.63) is 34.8 Å². The Kier molecular flexibility index (Phi) is 3.23. The van der Waals surface area contributed by atoms with Gasteiger partial charge in [0.15, 0.2) is 23.0 Å². The van der Waals surface area contributed by atoms with E-state index in [0.717, 1.165) is 6.42 Å². The molecular weight excluding hydrogens is 312 g/mol. The van der Waals surface area contributed by atoms with Crippen LogP contribution in [0.1, 0.15) is 45.1 Å². The first-order valence-corrected chi connectivity index (χ1v) is 7.70. The third kappa shape index (κ3) is 2.20. The average molecular weight is 328 g/mol. The molecule has 2 aliphatic rings. The van der Waals surface area contributed by atoms with E-state index in [0.29, 0.717) is 52.6 Å². The van der Waals surface area contributed by atoms with Gasteiger partial charge in [0.1, 0.15) is 5.76 Å². The zero-order valence-electron chi connectivity index (χ0n) is 13.1. The fourth-order valence-corrected chi connectivity index (χ4v) is 3.11. The van der Waals surface area contributed by atoms with Gasteiger partial charge in [0.2, 0.25) is 6.79 Å². The van der Waals surface area contributed by atoms with Crippen molar-refractivity contribution >= 4 is 23.1 Å². The van der Waals surface area contributed by atoms with E-state index in [1.54, 1.807) is 19.1 Å². The highest BCUT2D eigenvalue weighted by atomic mass is 16.7. The van der Waals surface area contributed by atoms with E-state index in [9.17, 15) is 9.59 Å². The Hall–Kier alpha value is -2.96. The normalized spacial score (nSPS) is 15.3. The monoisotopic (exact) mass is 328 g/mol. The minimum Gasteiger partial charge on any atom is -0.455 e. The molecular formula is C17H16N2O5. The molecule has 4 rings (SSSR count). The zero-order valence-corrected chi connectivity index (χ0v) is 13.1. The van der Waals surface area contributed by atoms with Crippen LogP contribution in [0, 0.1) is 6.92 Å². The molecule has 1 amide bonds. The number of carbonyl (C=O) groups is 2. The number of aryl methyl sites for hydroxylation is 1. The summed E-state index contributed by atoms with van der Waals surface area (Å²) in [6, 6.07) is 3.21. The molecule has 0 unspecified atom stereocenters. The number of nitrogens with two attached hydrogens (primary N) is 1. The molecule has 2 heterocycles. The van der Waals surface area contributed by atoms with Gasteiger partial charge < -0.3 is 24.9 Å². The third-order valence-electron chi connectivity index (χ3n) is 4.31. The Morgan fingerprint density at radius 3 is 2.71 bits per heavy atom. The second-order valence-electron chi connectivity index (χ2n) is 5.88. The SMILES string of the molecule is Cc1c(C(=O)Nc2cc3c(cc2N)OCO3)oc2c1C(=O)CCC2. The molecule has 0 radical (unpaired) electrons. The predicted molar refractivity (Wildman–Crippen MR) is 85.6 cm³/mol. The summed E-state index contributed by atoms with van der Waals surface area (Å²) in [6.07, 6.45) is 1.90. The van der Waals surface area contributed by atoms with Gasteiger partial charge in [-0.25, -0.2) is 0 Å². The Morgan fingerprint density at radius 2 is 1.96 bits per heavy atom. The van der Waals surface area contributed by atoms with Gasteiger partial charge in [-0.15, -0.1) is 0 Å². The van der Waals surface area contributed by atoms with Crippen molar-refractivity contribution in [2.75, 3.05) is 17.8 Å². The lowest BCUT2D eigenvalue weighted by molar-refractivity contribution is 0.0963. The predicted octanol–water partition coefficient (Wildman–Crippen LogP) is 2.67. The van der Waals surface area contributed by atoms with Crippen LogP contribution < -0.4 is 20.5 Å². The minimum atomic E-state index is -0.444. The molecule has 1 aliphatic carbocycles. The van der Waals surface area contributed by atoms with Crippen molar-refractivity contribution in [1.29, 1.82) is 0 Å². The fourth-order valence-electron chi connectivity index (χ4n) is 3.11. The number of anilines is 2. The zero-order chi connectivity index (χ0) is 16.8. The summed E-state index contributed by atoms with van der Waals surface area (Å²) in [5, 5.41) is 2.72. The number of benzene rings is 1. The molecule has 1 aromatic heterocycles. The van der Waals surface area contributed by atoms with Crippen LogP contribution >= 0.6 is 0 Å². The highest BCUT2D eigenvalue weighted by molar-refractivity contribution is 6.08. The van der Waals surface area contributed by atoms with Crippen LogP contribution in [0.5, 0.6) is 11.5 Å². The number of ketones is 1. The van der Waals surface area contributed by atoms with E-state index in [1.807, 2.05) is 0 Å². The second kappa shape index (κ2) is 5.30.